The molecule has 1 aromatic rings. The van der Waals surface area contributed by atoms with Gasteiger partial charge in [-0.05, 0) is 31.2 Å². The number of para-hydroxylation sites is 1. The van der Waals surface area contributed by atoms with Gasteiger partial charge in [-0.15, -0.1) is 23.2 Å². The van der Waals surface area contributed by atoms with Crippen LogP contribution in [0.5, 0.6) is 5.75 Å². The number of phenols is 1. The summed E-state index contributed by atoms with van der Waals surface area (Å²) in [6.45, 7) is 2.15. The fraction of sp³-hybridized carbons (Fsp3) is 0.500. The number of imide groups is 2. The zero-order valence-electron chi connectivity index (χ0n) is 18.6. The first-order chi connectivity index (χ1) is 16.0. The van der Waals surface area contributed by atoms with E-state index in [1.54, 1.807) is 6.08 Å². The number of amides is 4. The number of fused-ring (bicyclic) bond motifs is 4. The molecule has 10 heteroatoms. The van der Waals surface area contributed by atoms with E-state index in [2.05, 4.69) is 0 Å². The average Bonchev–Trinajstić information content (AvgIpc) is 3.12. The number of halogens is 3. The average molecular weight is 509 g/mol. The highest BCUT2D eigenvalue weighted by Gasteiger charge is 2.76. The Labute approximate surface area is 205 Å². The zero-order valence-corrected chi connectivity index (χ0v) is 20.1. The minimum Gasteiger partial charge on any atom is -0.505 e. The van der Waals surface area contributed by atoms with Crippen LogP contribution in [0.15, 0.2) is 29.8 Å². The molecule has 5 rings (SSSR count). The summed E-state index contributed by atoms with van der Waals surface area (Å²) < 4.78 is 14.4. The molecule has 1 aromatic carbocycles. The first-order valence-electron chi connectivity index (χ1n) is 11.2. The van der Waals surface area contributed by atoms with E-state index in [0.29, 0.717) is 12.0 Å². The Morgan fingerprint density at radius 1 is 1.12 bits per heavy atom. The third-order valence-electron chi connectivity index (χ3n) is 7.88. The molecule has 1 saturated carbocycles. The fourth-order valence-corrected chi connectivity index (χ4v) is 7.37. The van der Waals surface area contributed by atoms with Gasteiger partial charge in [0.2, 0.25) is 11.8 Å². The third-order valence-corrected chi connectivity index (χ3v) is 9.30. The lowest BCUT2D eigenvalue weighted by atomic mass is 9.56. The van der Waals surface area contributed by atoms with E-state index in [9.17, 15) is 28.7 Å². The lowest BCUT2D eigenvalue weighted by Crippen LogP contribution is -2.60. The number of rotatable bonds is 3. The van der Waals surface area contributed by atoms with Crippen molar-refractivity contribution in [3.8, 4) is 5.75 Å². The number of nitrogens with zero attached hydrogens (tertiary/aromatic N) is 2. The quantitative estimate of drug-likeness (QED) is 0.384. The van der Waals surface area contributed by atoms with Crippen molar-refractivity contribution in [2.75, 3.05) is 13.6 Å². The van der Waals surface area contributed by atoms with Gasteiger partial charge in [-0.25, -0.2) is 4.39 Å². The first kappa shape index (κ1) is 23.3. The summed E-state index contributed by atoms with van der Waals surface area (Å²) in [6, 6.07) is 3.87. The van der Waals surface area contributed by atoms with Gasteiger partial charge in [-0.2, -0.15) is 0 Å². The maximum Gasteiger partial charge on any atom is 0.253 e. The Balaban J connectivity index is 1.74. The van der Waals surface area contributed by atoms with Gasteiger partial charge >= 0.3 is 0 Å². The van der Waals surface area contributed by atoms with Gasteiger partial charge in [0.15, 0.2) is 21.3 Å². The highest BCUT2D eigenvalue weighted by molar-refractivity contribution is 6.53. The summed E-state index contributed by atoms with van der Waals surface area (Å²) >= 11 is 13.9. The van der Waals surface area contributed by atoms with E-state index in [1.807, 2.05) is 6.92 Å². The van der Waals surface area contributed by atoms with Gasteiger partial charge in [0.1, 0.15) is 0 Å². The van der Waals surface area contributed by atoms with Crippen LogP contribution in [-0.4, -0.2) is 61.9 Å². The number of carbonyl (C=O) groups is 4. The van der Waals surface area contributed by atoms with Crippen molar-refractivity contribution in [2.45, 2.75) is 41.9 Å². The van der Waals surface area contributed by atoms with Crippen molar-refractivity contribution in [1.82, 2.24) is 9.80 Å². The predicted molar refractivity (Wildman–Crippen MR) is 121 cm³/mol. The molecule has 3 fully saturated rings. The second-order valence-corrected chi connectivity index (χ2v) is 10.7. The molecule has 0 bridgehead atoms. The zero-order chi connectivity index (χ0) is 24.7. The number of likely N-dealkylation sites (tertiary alicyclic amines) is 2. The molecule has 0 spiro atoms. The number of hydrogen-bond acceptors (Lipinski definition) is 5. The molecule has 1 N–H and O–H groups in total. The maximum absolute atomic E-state index is 14.4. The summed E-state index contributed by atoms with van der Waals surface area (Å²) in [6.07, 6.45) is 2.45. The molecule has 34 heavy (non-hydrogen) atoms. The van der Waals surface area contributed by atoms with Gasteiger partial charge in [0.05, 0.1) is 11.8 Å². The Kier molecular flexibility index (Phi) is 5.15. The number of carbonyl (C=O) groups excluding carboxylic acids is 4. The number of benzene rings is 1. The Morgan fingerprint density at radius 2 is 1.82 bits per heavy atom. The van der Waals surface area contributed by atoms with Gasteiger partial charge in [-0.1, -0.05) is 30.7 Å². The number of phenolic OH excluding ortho intramolecular Hbond substituents is 1. The Morgan fingerprint density at radius 3 is 2.50 bits per heavy atom. The number of hydrogen-bond donors (Lipinski definition) is 1. The molecule has 0 unspecified atom stereocenters. The van der Waals surface area contributed by atoms with E-state index in [-0.39, 0.29) is 36.8 Å². The molecule has 0 aromatic heterocycles. The van der Waals surface area contributed by atoms with E-state index < -0.39 is 56.8 Å². The first-order valence-corrected chi connectivity index (χ1v) is 12.0. The lowest BCUT2D eigenvalue weighted by Gasteiger charge is -2.50. The van der Waals surface area contributed by atoms with E-state index in [1.165, 1.54) is 24.1 Å². The predicted octanol–water partition coefficient (Wildman–Crippen LogP) is 2.93. The summed E-state index contributed by atoms with van der Waals surface area (Å²) in [7, 11) is 1.27. The number of aromatic hydroxyl groups is 1. The van der Waals surface area contributed by atoms with Crippen molar-refractivity contribution < 1.29 is 28.7 Å². The van der Waals surface area contributed by atoms with Crippen LogP contribution in [0.2, 0.25) is 0 Å². The number of allylic oxidation sites excluding steroid dienone is 2. The Hall–Kier alpha value is -2.45. The molecule has 180 valence electrons. The van der Waals surface area contributed by atoms with Crippen LogP contribution in [0.1, 0.15) is 37.7 Å². The van der Waals surface area contributed by atoms with E-state index >= 15 is 0 Å². The Bertz CT molecular complexity index is 1190. The van der Waals surface area contributed by atoms with Crippen LogP contribution in [0.4, 0.5) is 4.39 Å². The second-order valence-electron chi connectivity index (χ2n) is 9.50. The van der Waals surface area contributed by atoms with Crippen molar-refractivity contribution in [2.24, 2.45) is 17.8 Å². The summed E-state index contributed by atoms with van der Waals surface area (Å²) in [5.74, 6) is -6.96. The lowest BCUT2D eigenvalue weighted by molar-refractivity contribution is -0.141. The van der Waals surface area contributed by atoms with Gasteiger partial charge in [-0.3, -0.25) is 29.0 Å². The third kappa shape index (κ3) is 2.64. The minimum absolute atomic E-state index is 0.00746. The number of alkyl halides is 2. The molecule has 2 saturated heterocycles. The molecule has 0 radical (unpaired) electrons. The van der Waals surface area contributed by atoms with Crippen molar-refractivity contribution in [3.63, 3.8) is 0 Å². The van der Waals surface area contributed by atoms with E-state index in [4.69, 9.17) is 23.2 Å². The molecular formula is C24H23Cl2FN2O5. The molecule has 4 amide bonds. The molecule has 4 aliphatic rings. The molecule has 6 atom stereocenters. The second kappa shape index (κ2) is 7.52. The molecular weight excluding hydrogens is 486 g/mol. The maximum atomic E-state index is 14.4. The smallest absolute Gasteiger partial charge is 0.253 e. The van der Waals surface area contributed by atoms with Gasteiger partial charge in [0.25, 0.3) is 11.8 Å². The summed E-state index contributed by atoms with van der Waals surface area (Å²) in [5.41, 5.74) is 0.525. The highest BCUT2D eigenvalue weighted by Crippen LogP contribution is 2.66. The molecule has 2 aliphatic heterocycles. The van der Waals surface area contributed by atoms with Crippen molar-refractivity contribution in [1.29, 1.82) is 0 Å². The van der Waals surface area contributed by atoms with Crippen molar-refractivity contribution >= 4 is 46.8 Å². The SMILES string of the molecule is CCCN1C(=O)[C@H]2[C@H](CC=C3[C@H]2C[C@@]2(Cl)C(=O)N(C)C(=O)[C@@]2(Cl)[C@H]3c2cccc(F)c2O)C1=O. The normalized spacial score (nSPS) is 37.0. The summed E-state index contributed by atoms with van der Waals surface area (Å²) in [4.78, 5) is 51.1. The summed E-state index contributed by atoms with van der Waals surface area (Å²) in [5, 5.41) is 10.6. The van der Waals surface area contributed by atoms with Crippen molar-refractivity contribution in [3.05, 3.63) is 41.2 Å². The van der Waals surface area contributed by atoms with Crippen LogP contribution in [0.3, 0.4) is 0 Å². The van der Waals surface area contributed by atoms with Gasteiger partial charge < -0.3 is 5.11 Å². The minimum atomic E-state index is -2.05. The van der Waals surface area contributed by atoms with Crippen LogP contribution in [-0.2, 0) is 19.2 Å². The molecule has 2 heterocycles. The van der Waals surface area contributed by atoms with Crippen LogP contribution >= 0.6 is 23.2 Å². The largest absolute Gasteiger partial charge is 0.505 e. The molecule has 2 aliphatic carbocycles. The van der Waals surface area contributed by atoms with Crippen LogP contribution in [0, 0.1) is 23.6 Å². The highest BCUT2D eigenvalue weighted by atomic mass is 35.5. The molecule has 7 nitrogen and oxygen atoms in total. The monoisotopic (exact) mass is 508 g/mol. The van der Waals surface area contributed by atoms with E-state index in [0.717, 1.165) is 11.0 Å². The standard InChI is InChI=1S/C24H23Cl2FN2O5/c1-3-9-29-19(31)12-8-7-11-14(16(12)20(29)32)10-23(25)21(33)28(2)22(34)24(23,26)17(11)13-5-4-6-15(27)18(13)30/h4-7,12,14,16-17,30H,3,8-10H2,1-2H3/t12-,14+,16-,17+,23+,24-/m0/s1. The topological polar surface area (TPSA) is 95.0 Å². The van der Waals surface area contributed by atoms with Crippen LogP contribution in [0.25, 0.3) is 0 Å². The van der Waals surface area contributed by atoms with Crippen LogP contribution < -0.4 is 0 Å². The van der Waals surface area contributed by atoms with Gasteiger partial charge in [0, 0.05) is 25.1 Å². The fourth-order valence-electron chi connectivity index (χ4n) is 6.36.